The lowest BCUT2D eigenvalue weighted by Crippen LogP contribution is -2.40. The molecule has 4 heteroatoms. The van der Waals surface area contributed by atoms with Crippen molar-refractivity contribution < 1.29 is 9.53 Å². The molecule has 83 valence electrons. The average Bonchev–Trinajstić information content (AvgIpc) is 2.55. The number of hydrogen-bond donors (Lipinski definition) is 0. The molecule has 0 unspecified atom stereocenters. The third kappa shape index (κ3) is 1.19. The smallest absolute Gasteiger partial charge is 0.258 e. The van der Waals surface area contributed by atoms with Gasteiger partial charge in [0.25, 0.3) is 5.91 Å². The molecule has 0 aliphatic carbocycles. The second-order valence-electron chi connectivity index (χ2n) is 4.43. The molecule has 4 nitrogen and oxygen atoms in total. The molecule has 16 heavy (non-hydrogen) atoms. The van der Waals surface area contributed by atoms with Crippen molar-refractivity contribution in [2.75, 3.05) is 13.2 Å². The van der Waals surface area contributed by atoms with Crippen molar-refractivity contribution in [3.63, 3.8) is 0 Å². The molecule has 1 spiro atoms. The number of carbonyl (C=O) groups is 1. The van der Waals surface area contributed by atoms with Gasteiger partial charge in [-0.2, -0.15) is 0 Å². The third-order valence-electron chi connectivity index (χ3n) is 3.44. The van der Waals surface area contributed by atoms with Crippen LogP contribution in [0.3, 0.4) is 0 Å². The van der Waals surface area contributed by atoms with E-state index in [0.717, 1.165) is 17.1 Å². The Kier molecular flexibility index (Phi) is 2.01. The molecular weight excluding hydrogens is 204 g/mol. The quantitative estimate of drug-likeness (QED) is 0.656. The van der Waals surface area contributed by atoms with Gasteiger partial charge in [-0.15, -0.1) is 0 Å². The van der Waals surface area contributed by atoms with Gasteiger partial charge in [0.1, 0.15) is 5.41 Å². The van der Waals surface area contributed by atoms with Gasteiger partial charge in [-0.1, -0.05) is 0 Å². The van der Waals surface area contributed by atoms with Gasteiger partial charge in [-0.3, -0.25) is 9.78 Å². The maximum absolute atomic E-state index is 12.1. The van der Waals surface area contributed by atoms with Crippen molar-refractivity contribution in [2.45, 2.75) is 25.2 Å². The summed E-state index contributed by atoms with van der Waals surface area (Å²) in [6.45, 7) is 3.18. The maximum Gasteiger partial charge on any atom is 0.258 e. The fourth-order valence-corrected chi connectivity index (χ4v) is 2.48. The van der Waals surface area contributed by atoms with E-state index in [1.165, 1.54) is 0 Å². The number of aromatic nitrogens is 1. The predicted octanol–water partition coefficient (Wildman–Crippen LogP) is 1.21. The Balaban J connectivity index is 2.13. The predicted molar refractivity (Wildman–Crippen MR) is 57.5 cm³/mol. The molecule has 2 aliphatic heterocycles. The second-order valence-corrected chi connectivity index (χ2v) is 4.43. The number of ether oxygens (including phenoxy) is 1. The van der Waals surface area contributed by atoms with E-state index in [-0.39, 0.29) is 5.91 Å². The van der Waals surface area contributed by atoms with Crippen LogP contribution in [0.5, 0.6) is 0 Å². The fraction of sp³-hybridized carbons (Fsp3) is 0.500. The van der Waals surface area contributed by atoms with Crippen LogP contribution in [0.15, 0.2) is 12.1 Å². The van der Waals surface area contributed by atoms with E-state index in [0.29, 0.717) is 26.1 Å². The molecule has 1 radical (unpaired) electrons. The zero-order chi connectivity index (χ0) is 11.2. The second kappa shape index (κ2) is 3.28. The first-order valence-corrected chi connectivity index (χ1v) is 5.54. The normalized spacial score (nSPS) is 21.9. The summed E-state index contributed by atoms with van der Waals surface area (Å²) in [5.74, 6) is -0.0381. The van der Waals surface area contributed by atoms with Crippen LogP contribution in [0.4, 0.5) is 5.69 Å². The fourth-order valence-electron chi connectivity index (χ4n) is 2.48. The number of hydrogen-bond acceptors (Lipinski definition) is 3. The highest BCUT2D eigenvalue weighted by Gasteiger charge is 2.50. The van der Waals surface area contributed by atoms with Crippen molar-refractivity contribution in [1.82, 2.24) is 10.3 Å². The summed E-state index contributed by atoms with van der Waals surface area (Å²) in [6.07, 6.45) is 1.41. The Morgan fingerprint density at radius 1 is 1.31 bits per heavy atom. The highest BCUT2D eigenvalue weighted by Crippen LogP contribution is 2.43. The van der Waals surface area contributed by atoms with Crippen LogP contribution >= 0.6 is 0 Å². The van der Waals surface area contributed by atoms with Gasteiger partial charge < -0.3 is 4.74 Å². The van der Waals surface area contributed by atoms with Gasteiger partial charge in [0.15, 0.2) is 0 Å². The Morgan fingerprint density at radius 3 is 2.81 bits per heavy atom. The van der Waals surface area contributed by atoms with Crippen LogP contribution in [0.25, 0.3) is 0 Å². The molecule has 2 aliphatic rings. The van der Waals surface area contributed by atoms with Crippen LogP contribution in [-0.4, -0.2) is 24.1 Å². The molecule has 0 atom stereocenters. The van der Waals surface area contributed by atoms with Crippen molar-refractivity contribution in [3.05, 3.63) is 23.5 Å². The third-order valence-corrected chi connectivity index (χ3v) is 3.44. The Morgan fingerprint density at radius 2 is 2.06 bits per heavy atom. The van der Waals surface area contributed by atoms with Crippen molar-refractivity contribution >= 4 is 11.6 Å². The lowest BCUT2D eigenvalue weighted by molar-refractivity contribution is -0.128. The van der Waals surface area contributed by atoms with Crippen LogP contribution in [0.2, 0.25) is 0 Å². The summed E-state index contributed by atoms with van der Waals surface area (Å²) < 4.78 is 5.33. The Labute approximate surface area is 94.0 Å². The van der Waals surface area contributed by atoms with E-state index in [1.807, 2.05) is 19.1 Å². The zero-order valence-electron chi connectivity index (χ0n) is 9.19. The van der Waals surface area contributed by atoms with E-state index in [4.69, 9.17) is 4.74 Å². The minimum absolute atomic E-state index is 0.0381. The molecule has 0 bridgehead atoms. The standard InChI is InChI=1S/C12H13N2O2/c1-8-2-3-9-10(13-8)12(11(15)14-9)4-6-16-7-5-12/h2-3H,4-7H2,1H3. The Hall–Kier alpha value is -1.42. The number of pyridine rings is 1. The summed E-state index contributed by atoms with van der Waals surface area (Å²) in [7, 11) is 0. The van der Waals surface area contributed by atoms with Crippen molar-refractivity contribution in [2.24, 2.45) is 0 Å². The minimum atomic E-state index is -0.487. The van der Waals surface area contributed by atoms with Crippen LogP contribution in [-0.2, 0) is 14.9 Å². The maximum atomic E-state index is 12.1. The van der Waals surface area contributed by atoms with Crippen LogP contribution in [0, 0.1) is 6.92 Å². The summed E-state index contributed by atoms with van der Waals surface area (Å²) in [5, 5.41) is 4.11. The largest absolute Gasteiger partial charge is 0.381 e. The molecule has 1 aromatic heterocycles. The van der Waals surface area contributed by atoms with Gasteiger partial charge >= 0.3 is 0 Å². The van der Waals surface area contributed by atoms with E-state index in [1.54, 1.807) is 0 Å². The number of carbonyl (C=O) groups excluding carboxylic acids is 1. The van der Waals surface area contributed by atoms with E-state index < -0.39 is 5.41 Å². The summed E-state index contributed by atoms with van der Waals surface area (Å²) in [6, 6.07) is 3.79. The number of fused-ring (bicyclic) bond motifs is 2. The summed E-state index contributed by atoms with van der Waals surface area (Å²) in [5.41, 5.74) is 2.06. The number of aryl methyl sites for hydroxylation is 1. The van der Waals surface area contributed by atoms with E-state index in [2.05, 4.69) is 10.3 Å². The first-order valence-electron chi connectivity index (χ1n) is 5.54. The van der Waals surface area contributed by atoms with Crippen molar-refractivity contribution in [3.8, 4) is 0 Å². The van der Waals surface area contributed by atoms with E-state index in [9.17, 15) is 4.79 Å². The van der Waals surface area contributed by atoms with Crippen molar-refractivity contribution in [1.29, 1.82) is 0 Å². The highest BCUT2D eigenvalue weighted by atomic mass is 16.5. The molecule has 1 saturated heterocycles. The SMILES string of the molecule is Cc1ccc2c(n1)C1(CCOCC1)C(=O)[N]2. The lowest BCUT2D eigenvalue weighted by Gasteiger charge is -2.30. The minimum Gasteiger partial charge on any atom is -0.381 e. The number of amides is 1. The van der Waals surface area contributed by atoms with Crippen LogP contribution in [0.1, 0.15) is 24.2 Å². The molecule has 3 heterocycles. The summed E-state index contributed by atoms with van der Waals surface area (Å²) in [4.78, 5) is 16.6. The first-order chi connectivity index (χ1) is 7.72. The molecule has 1 fully saturated rings. The summed E-state index contributed by atoms with van der Waals surface area (Å²) >= 11 is 0. The molecule has 0 aromatic carbocycles. The number of rotatable bonds is 0. The topological polar surface area (TPSA) is 53.3 Å². The molecule has 1 aromatic rings. The molecule has 0 saturated carbocycles. The molecular formula is C12H13N2O2. The average molecular weight is 217 g/mol. The molecule has 0 N–H and O–H groups in total. The first kappa shape index (κ1) is 9.78. The highest BCUT2D eigenvalue weighted by molar-refractivity contribution is 5.97. The number of nitrogens with zero attached hydrogens (tertiary/aromatic N) is 2. The van der Waals surface area contributed by atoms with Crippen LogP contribution < -0.4 is 5.32 Å². The van der Waals surface area contributed by atoms with Gasteiger partial charge in [-0.05, 0) is 31.9 Å². The monoisotopic (exact) mass is 217 g/mol. The molecule has 1 amide bonds. The van der Waals surface area contributed by atoms with Gasteiger partial charge in [0.2, 0.25) is 0 Å². The van der Waals surface area contributed by atoms with E-state index >= 15 is 0 Å². The Bertz CT molecular complexity index is 450. The zero-order valence-corrected chi connectivity index (χ0v) is 9.19. The molecule has 3 rings (SSSR count). The van der Waals surface area contributed by atoms with Gasteiger partial charge in [-0.25, -0.2) is 5.32 Å². The van der Waals surface area contributed by atoms with Gasteiger partial charge in [0.05, 0.1) is 11.4 Å². The lowest BCUT2D eigenvalue weighted by atomic mass is 9.78. The van der Waals surface area contributed by atoms with Gasteiger partial charge in [0, 0.05) is 18.9 Å².